The van der Waals surface area contributed by atoms with Crippen molar-refractivity contribution < 1.29 is 9.53 Å². The molecule has 1 unspecified atom stereocenters. The van der Waals surface area contributed by atoms with Gasteiger partial charge in [0.05, 0.1) is 21.1 Å². The summed E-state index contributed by atoms with van der Waals surface area (Å²) in [5, 5.41) is 1.39. The van der Waals surface area contributed by atoms with Gasteiger partial charge in [-0.05, 0) is 18.5 Å². The first-order valence-corrected chi connectivity index (χ1v) is 9.42. The van der Waals surface area contributed by atoms with Gasteiger partial charge in [-0.1, -0.05) is 48.6 Å². The van der Waals surface area contributed by atoms with Crippen molar-refractivity contribution in [3.05, 3.63) is 42.5 Å². The van der Waals surface area contributed by atoms with E-state index in [1.807, 2.05) is 25.1 Å². The molecule has 0 bridgehead atoms. The molecular weight excluding hydrogens is 240 g/mol. The van der Waals surface area contributed by atoms with E-state index in [0.29, 0.717) is 0 Å². The molecule has 0 N–H and O–H groups in total. The Morgan fingerprint density at radius 3 is 2.39 bits per heavy atom. The molecule has 3 heteroatoms. The van der Waals surface area contributed by atoms with Crippen LogP contribution in [0.2, 0.25) is 19.1 Å². The third kappa shape index (κ3) is 3.32. The number of esters is 1. The van der Waals surface area contributed by atoms with Crippen LogP contribution in [0.4, 0.5) is 0 Å². The van der Waals surface area contributed by atoms with Gasteiger partial charge in [0.1, 0.15) is 0 Å². The van der Waals surface area contributed by atoms with E-state index < -0.39 is 8.07 Å². The van der Waals surface area contributed by atoms with Crippen molar-refractivity contribution in [3.8, 4) is 0 Å². The highest BCUT2D eigenvalue weighted by atomic mass is 28.3. The molecule has 0 aromatic heterocycles. The van der Waals surface area contributed by atoms with Crippen LogP contribution in [0.1, 0.15) is 18.4 Å². The van der Waals surface area contributed by atoms with E-state index in [1.165, 1.54) is 12.3 Å². The van der Waals surface area contributed by atoms with Gasteiger partial charge >= 0.3 is 5.97 Å². The molecule has 0 aliphatic carbocycles. The Hall–Kier alpha value is -1.35. The van der Waals surface area contributed by atoms with Crippen LogP contribution in [0.25, 0.3) is 0 Å². The fourth-order valence-corrected chi connectivity index (χ4v) is 4.04. The Morgan fingerprint density at radius 2 is 1.94 bits per heavy atom. The number of ether oxygens (including phenoxy) is 1. The second kappa shape index (κ2) is 6.00. The summed E-state index contributed by atoms with van der Waals surface area (Å²) in [4.78, 5) is 11.5. The van der Waals surface area contributed by atoms with Crippen molar-refractivity contribution in [2.24, 2.45) is 0 Å². The van der Waals surface area contributed by atoms with E-state index in [-0.39, 0.29) is 11.9 Å². The minimum Gasteiger partial charge on any atom is -0.469 e. The number of benzene rings is 1. The lowest BCUT2D eigenvalue weighted by Gasteiger charge is -2.21. The molecule has 0 aliphatic rings. The summed E-state index contributed by atoms with van der Waals surface area (Å²) in [6, 6.07) is 9.43. The van der Waals surface area contributed by atoms with Gasteiger partial charge in [-0.3, -0.25) is 4.79 Å². The number of methoxy groups -OCH3 is 1. The summed E-state index contributed by atoms with van der Waals surface area (Å²) in [5.74, 6) is -0.390. The number of carbonyl (C=O) groups is 1. The fourth-order valence-electron chi connectivity index (χ4n) is 2.01. The van der Waals surface area contributed by atoms with Crippen LogP contribution in [0, 0.1) is 0 Å². The van der Waals surface area contributed by atoms with Gasteiger partial charge in [0.2, 0.25) is 0 Å². The third-order valence-electron chi connectivity index (χ3n) is 3.40. The van der Waals surface area contributed by atoms with Crippen LogP contribution in [0.3, 0.4) is 0 Å². The molecule has 2 nitrogen and oxygen atoms in total. The van der Waals surface area contributed by atoms with E-state index in [1.54, 1.807) is 0 Å². The molecule has 18 heavy (non-hydrogen) atoms. The zero-order chi connectivity index (χ0) is 13.8. The number of carbonyl (C=O) groups excluding carboxylic acids is 1. The van der Waals surface area contributed by atoms with Crippen LogP contribution in [0.5, 0.6) is 0 Å². The van der Waals surface area contributed by atoms with E-state index in [9.17, 15) is 4.79 Å². The SMILES string of the molecule is C=CC[Si](C)(C)c1ccc(C(C)C(=O)OC)cc1. The van der Waals surface area contributed by atoms with Gasteiger partial charge < -0.3 is 4.74 Å². The van der Waals surface area contributed by atoms with Crippen molar-refractivity contribution in [1.82, 2.24) is 0 Å². The zero-order valence-corrected chi connectivity index (χ0v) is 12.7. The first kappa shape index (κ1) is 14.7. The summed E-state index contributed by atoms with van der Waals surface area (Å²) in [5.41, 5.74) is 1.01. The van der Waals surface area contributed by atoms with E-state index in [2.05, 4.69) is 31.8 Å². The van der Waals surface area contributed by atoms with Crippen LogP contribution in [0.15, 0.2) is 36.9 Å². The van der Waals surface area contributed by atoms with Gasteiger partial charge in [0.15, 0.2) is 0 Å². The van der Waals surface area contributed by atoms with Crippen molar-refractivity contribution in [1.29, 1.82) is 0 Å². The summed E-state index contributed by atoms with van der Waals surface area (Å²) in [6.45, 7) is 10.3. The number of hydrogen-bond donors (Lipinski definition) is 0. The van der Waals surface area contributed by atoms with Crippen molar-refractivity contribution >= 4 is 19.2 Å². The van der Waals surface area contributed by atoms with Crippen molar-refractivity contribution in [3.63, 3.8) is 0 Å². The average Bonchev–Trinajstić information content (AvgIpc) is 2.37. The number of allylic oxidation sites excluding steroid dienone is 1. The molecule has 0 saturated heterocycles. The predicted molar refractivity (Wildman–Crippen MR) is 79.0 cm³/mol. The standard InChI is InChI=1S/C15H22O2Si/c1-6-11-18(4,5)14-9-7-13(8-10-14)12(2)15(16)17-3/h6-10,12H,1,11H2,2-5H3. The highest BCUT2D eigenvalue weighted by Gasteiger charge is 2.22. The molecule has 0 amide bonds. The van der Waals surface area contributed by atoms with E-state index >= 15 is 0 Å². The van der Waals surface area contributed by atoms with E-state index in [4.69, 9.17) is 4.74 Å². The second-order valence-electron chi connectivity index (χ2n) is 5.24. The lowest BCUT2D eigenvalue weighted by molar-refractivity contribution is -0.141. The molecule has 98 valence electrons. The molecule has 0 heterocycles. The van der Waals surface area contributed by atoms with E-state index in [0.717, 1.165) is 11.6 Å². The Labute approximate surface area is 111 Å². The molecule has 0 spiro atoms. The maximum atomic E-state index is 11.5. The highest BCUT2D eigenvalue weighted by Crippen LogP contribution is 2.17. The third-order valence-corrected chi connectivity index (χ3v) is 6.61. The molecule has 1 aromatic rings. The molecule has 0 radical (unpaired) electrons. The van der Waals surface area contributed by atoms with Gasteiger partial charge in [0.25, 0.3) is 0 Å². The molecule has 0 fully saturated rings. The maximum absolute atomic E-state index is 11.5. The number of hydrogen-bond acceptors (Lipinski definition) is 2. The lowest BCUT2D eigenvalue weighted by atomic mass is 10.0. The first-order chi connectivity index (χ1) is 8.42. The molecule has 1 atom stereocenters. The molecular formula is C15H22O2Si. The zero-order valence-electron chi connectivity index (χ0n) is 11.7. The quantitative estimate of drug-likeness (QED) is 0.463. The summed E-state index contributed by atoms with van der Waals surface area (Å²) < 4.78 is 4.76. The van der Waals surface area contributed by atoms with Gasteiger partial charge in [-0.15, -0.1) is 6.58 Å². The van der Waals surface area contributed by atoms with Crippen molar-refractivity contribution in [2.45, 2.75) is 32.0 Å². The first-order valence-electron chi connectivity index (χ1n) is 6.21. The lowest BCUT2D eigenvalue weighted by Crippen LogP contribution is -2.40. The number of rotatable bonds is 5. The molecule has 1 rings (SSSR count). The van der Waals surface area contributed by atoms with Gasteiger partial charge in [0, 0.05) is 0 Å². The van der Waals surface area contributed by atoms with Crippen molar-refractivity contribution in [2.75, 3.05) is 7.11 Å². The smallest absolute Gasteiger partial charge is 0.312 e. The minimum atomic E-state index is -1.41. The minimum absolute atomic E-state index is 0.189. The normalized spacial score (nSPS) is 12.9. The summed E-state index contributed by atoms with van der Waals surface area (Å²) in [6.07, 6.45) is 2.00. The molecule has 0 saturated carbocycles. The largest absolute Gasteiger partial charge is 0.469 e. The molecule has 1 aromatic carbocycles. The van der Waals surface area contributed by atoms with Gasteiger partial charge in [-0.2, -0.15) is 0 Å². The summed E-state index contributed by atoms with van der Waals surface area (Å²) in [7, 11) is 0.0171. The molecule has 0 aliphatic heterocycles. The van der Waals surface area contributed by atoms with Crippen LogP contribution in [-0.2, 0) is 9.53 Å². The Kier molecular flexibility index (Phi) is 4.90. The Balaban J connectivity index is 2.92. The Morgan fingerprint density at radius 1 is 1.39 bits per heavy atom. The topological polar surface area (TPSA) is 26.3 Å². The van der Waals surface area contributed by atoms with Crippen LogP contribution >= 0.6 is 0 Å². The maximum Gasteiger partial charge on any atom is 0.312 e. The predicted octanol–water partition coefficient (Wildman–Crippen LogP) is 3.06. The second-order valence-corrected chi connectivity index (χ2v) is 10.00. The summed E-state index contributed by atoms with van der Waals surface area (Å²) >= 11 is 0. The highest BCUT2D eigenvalue weighted by molar-refractivity contribution is 6.90. The monoisotopic (exact) mass is 262 g/mol. The van der Waals surface area contributed by atoms with Crippen LogP contribution in [-0.4, -0.2) is 21.2 Å². The van der Waals surface area contributed by atoms with Gasteiger partial charge in [-0.25, -0.2) is 0 Å². The van der Waals surface area contributed by atoms with Crippen LogP contribution < -0.4 is 5.19 Å². The average molecular weight is 262 g/mol. The Bertz CT molecular complexity index is 421. The fraction of sp³-hybridized carbons (Fsp3) is 0.400.